The van der Waals surface area contributed by atoms with E-state index in [0.717, 1.165) is 27.9 Å². The highest BCUT2D eigenvalue weighted by Gasteiger charge is 2.04. The summed E-state index contributed by atoms with van der Waals surface area (Å²) < 4.78 is 0. The molecule has 98 valence electrons. The number of fused-ring (bicyclic) bond motifs is 1. The Morgan fingerprint density at radius 1 is 0.950 bits per heavy atom. The molecule has 0 spiro atoms. The van der Waals surface area contributed by atoms with E-state index in [1.165, 1.54) is 0 Å². The summed E-state index contributed by atoms with van der Waals surface area (Å²) in [5, 5.41) is 5.57. The number of hydrazone groups is 1. The van der Waals surface area contributed by atoms with Gasteiger partial charge in [0.25, 0.3) is 0 Å². The van der Waals surface area contributed by atoms with Gasteiger partial charge in [0.1, 0.15) is 0 Å². The number of rotatable bonds is 3. The van der Waals surface area contributed by atoms with Crippen molar-refractivity contribution in [3.05, 3.63) is 72.4 Å². The van der Waals surface area contributed by atoms with Gasteiger partial charge in [0.2, 0.25) is 0 Å². The molecule has 0 saturated carbocycles. The topological polar surface area (TPSA) is 37.3 Å². The van der Waals surface area contributed by atoms with E-state index in [1.54, 1.807) is 0 Å². The highest BCUT2D eigenvalue weighted by atomic mass is 15.3. The summed E-state index contributed by atoms with van der Waals surface area (Å²) in [7, 11) is 0. The van der Waals surface area contributed by atoms with E-state index in [4.69, 9.17) is 0 Å². The Bertz CT molecular complexity index is 743. The Kier molecular flexibility index (Phi) is 3.42. The second kappa shape index (κ2) is 5.53. The molecular formula is C17H15N3. The molecule has 1 aromatic heterocycles. The van der Waals surface area contributed by atoms with Crippen LogP contribution in [0.25, 0.3) is 10.9 Å². The fraction of sp³-hybridized carbons (Fsp3) is 0.0588. The fourth-order valence-electron chi connectivity index (χ4n) is 2.12. The van der Waals surface area contributed by atoms with Gasteiger partial charge in [0, 0.05) is 17.1 Å². The quantitative estimate of drug-likeness (QED) is 0.570. The highest BCUT2D eigenvalue weighted by Crippen LogP contribution is 2.17. The van der Waals surface area contributed by atoms with Gasteiger partial charge in [-0.1, -0.05) is 42.5 Å². The zero-order valence-electron chi connectivity index (χ0n) is 11.2. The molecule has 1 heterocycles. The molecule has 1 N–H and O–H groups in total. The second-order valence-electron chi connectivity index (χ2n) is 4.56. The van der Waals surface area contributed by atoms with Crippen molar-refractivity contribution < 1.29 is 0 Å². The summed E-state index contributed by atoms with van der Waals surface area (Å²) in [4.78, 5) is 4.45. The van der Waals surface area contributed by atoms with Crippen LogP contribution in [-0.4, -0.2) is 10.7 Å². The fourth-order valence-corrected chi connectivity index (χ4v) is 2.12. The number of hydrogen-bond acceptors (Lipinski definition) is 3. The predicted octanol–water partition coefficient (Wildman–Crippen LogP) is 4.07. The lowest BCUT2D eigenvalue weighted by Crippen LogP contribution is -2.01. The first-order valence-electron chi connectivity index (χ1n) is 6.54. The van der Waals surface area contributed by atoms with E-state index in [-0.39, 0.29) is 0 Å². The minimum absolute atomic E-state index is 0.915. The highest BCUT2D eigenvalue weighted by molar-refractivity contribution is 6.08. The van der Waals surface area contributed by atoms with Gasteiger partial charge in [-0.15, -0.1) is 0 Å². The van der Waals surface area contributed by atoms with Crippen LogP contribution < -0.4 is 5.43 Å². The molecule has 0 radical (unpaired) electrons. The molecule has 0 aliphatic rings. The van der Waals surface area contributed by atoms with Gasteiger partial charge in [-0.2, -0.15) is 5.10 Å². The molecule has 0 amide bonds. The van der Waals surface area contributed by atoms with Gasteiger partial charge in [0.05, 0.1) is 16.9 Å². The van der Waals surface area contributed by atoms with Crippen molar-refractivity contribution >= 4 is 22.3 Å². The molecule has 3 nitrogen and oxygen atoms in total. The van der Waals surface area contributed by atoms with Gasteiger partial charge in [-0.25, -0.2) is 0 Å². The van der Waals surface area contributed by atoms with Crippen LogP contribution >= 0.6 is 0 Å². The number of para-hydroxylation sites is 2. The zero-order valence-corrected chi connectivity index (χ0v) is 11.2. The molecule has 2 aromatic carbocycles. The number of anilines is 1. The molecule has 3 aromatic rings. The van der Waals surface area contributed by atoms with Gasteiger partial charge >= 0.3 is 0 Å². The van der Waals surface area contributed by atoms with Crippen molar-refractivity contribution in [3.63, 3.8) is 0 Å². The normalized spacial score (nSPS) is 11.6. The molecule has 0 unspecified atom stereocenters. The van der Waals surface area contributed by atoms with Crippen LogP contribution in [0.3, 0.4) is 0 Å². The van der Waals surface area contributed by atoms with Crippen LogP contribution in [0, 0.1) is 0 Å². The summed E-state index contributed by atoms with van der Waals surface area (Å²) in [6, 6.07) is 20.0. The van der Waals surface area contributed by atoms with Gasteiger partial charge in [-0.05, 0) is 25.1 Å². The van der Waals surface area contributed by atoms with Gasteiger partial charge < -0.3 is 0 Å². The van der Waals surface area contributed by atoms with Crippen LogP contribution in [-0.2, 0) is 0 Å². The Labute approximate surface area is 118 Å². The number of benzene rings is 2. The van der Waals surface area contributed by atoms with E-state index >= 15 is 0 Å². The van der Waals surface area contributed by atoms with Crippen LogP contribution in [0.15, 0.2) is 72.0 Å². The Morgan fingerprint density at radius 3 is 2.60 bits per heavy atom. The Morgan fingerprint density at radius 2 is 1.75 bits per heavy atom. The van der Waals surface area contributed by atoms with E-state index in [9.17, 15) is 0 Å². The van der Waals surface area contributed by atoms with Crippen molar-refractivity contribution in [2.45, 2.75) is 6.92 Å². The smallest absolute Gasteiger partial charge is 0.0793 e. The van der Waals surface area contributed by atoms with Gasteiger partial charge in [-0.3, -0.25) is 10.4 Å². The lowest BCUT2D eigenvalue weighted by molar-refractivity contribution is 1.32. The maximum Gasteiger partial charge on any atom is 0.0793 e. The van der Waals surface area contributed by atoms with E-state index < -0.39 is 0 Å². The molecule has 0 aliphatic carbocycles. The third-order valence-corrected chi connectivity index (χ3v) is 3.15. The van der Waals surface area contributed by atoms with Gasteiger partial charge in [0.15, 0.2) is 0 Å². The van der Waals surface area contributed by atoms with E-state index in [1.807, 2.05) is 61.7 Å². The van der Waals surface area contributed by atoms with Crippen LogP contribution in [0.5, 0.6) is 0 Å². The molecular weight excluding hydrogens is 246 g/mol. The van der Waals surface area contributed by atoms with Crippen molar-refractivity contribution in [1.29, 1.82) is 0 Å². The first kappa shape index (κ1) is 12.4. The molecule has 20 heavy (non-hydrogen) atoms. The average Bonchev–Trinajstić information content (AvgIpc) is 2.53. The molecule has 0 fully saturated rings. The van der Waals surface area contributed by atoms with Crippen LogP contribution in [0.1, 0.15) is 12.5 Å². The maximum atomic E-state index is 4.45. The molecule has 3 heteroatoms. The van der Waals surface area contributed by atoms with E-state index in [0.29, 0.717) is 0 Å². The van der Waals surface area contributed by atoms with Crippen molar-refractivity contribution in [2.24, 2.45) is 5.10 Å². The number of hydrogen-bond donors (Lipinski definition) is 1. The third kappa shape index (κ3) is 2.52. The van der Waals surface area contributed by atoms with Crippen LogP contribution in [0.2, 0.25) is 0 Å². The monoisotopic (exact) mass is 261 g/mol. The molecule has 3 rings (SSSR count). The van der Waals surface area contributed by atoms with Crippen LogP contribution in [0.4, 0.5) is 5.69 Å². The molecule has 0 aliphatic heterocycles. The minimum Gasteiger partial charge on any atom is -0.278 e. The summed E-state index contributed by atoms with van der Waals surface area (Å²) in [6.07, 6.45) is 1.81. The maximum absolute atomic E-state index is 4.45. The molecule has 0 atom stereocenters. The largest absolute Gasteiger partial charge is 0.278 e. The summed E-state index contributed by atoms with van der Waals surface area (Å²) in [5.41, 5.74) is 6.98. The summed E-state index contributed by atoms with van der Waals surface area (Å²) in [5.74, 6) is 0. The minimum atomic E-state index is 0.915. The molecule has 0 saturated heterocycles. The number of aromatic nitrogens is 1. The molecule has 0 bridgehead atoms. The number of nitrogens with one attached hydrogen (secondary N) is 1. The number of nitrogens with zero attached hydrogens (tertiary/aromatic N) is 2. The number of pyridine rings is 1. The van der Waals surface area contributed by atoms with E-state index in [2.05, 4.69) is 27.6 Å². The summed E-state index contributed by atoms with van der Waals surface area (Å²) in [6.45, 7) is 1.99. The Hall–Kier alpha value is -2.68. The first-order chi connectivity index (χ1) is 9.84. The SMILES string of the molecule is CC(=NNc1ccccc1)c1cccc2cccnc12. The van der Waals surface area contributed by atoms with Crippen molar-refractivity contribution in [3.8, 4) is 0 Å². The first-order valence-corrected chi connectivity index (χ1v) is 6.54. The van der Waals surface area contributed by atoms with Crippen molar-refractivity contribution in [2.75, 3.05) is 5.43 Å². The standard InChI is InChI=1S/C17H15N3/c1-13(19-20-15-9-3-2-4-10-15)16-11-5-7-14-8-6-12-18-17(14)16/h2-12,20H,1H3. The zero-order chi connectivity index (χ0) is 13.8. The predicted molar refractivity (Wildman–Crippen MR) is 84.0 cm³/mol. The Balaban J connectivity index is 1.94. The third-order valence-electron chi connectivity index (χ3n) is 3.15. The lowest BCUT2D eigenvalue weighted by atomic mass is 10.1. The second-order valence-corrected chi connectivity index (χ2v) is 4.56. The average molecular weight is 261 g/mol. The summed E-state index contributed by atoms with van der Waals surface area (Å²) >= 11 is 0. The lowest BCUT2D eigenvalue weighted by Gasteiger charge is -2.06. The van der Waals surface area contributed by atoms with Crippen molar-refractivity contribution in [1.82, 2.24) is 4.98 Å².